The van der Waals surface area contributed by atoms with E-state index in [2.05, 4.69) is 4.90 Å². The molecule has 0 unspecified atom stereocenters. The van der Waals surface area contributed by atoms with Gasteiger partial charge < -0.3 is 24.2 Å². The van der Waals surface area contributed by atoms with Gasteiger partial charge in [0.25, 0.3) is 0 Å². The minimum atomic E-state index is -0.439. The molecule has 0 N–H and O–H groups in total. The number of carbonyl (C=O) groups excluding carboxylic acids is 2. The number of piperidine rings is 3. The lowest BCUT2D eigenvalue weighted by molar-refractivity contribution is 0.00520. The maximum atomic E-state index is 12.7. The Kier molecular flexibility index (Phi) is 8.25. The highest BCUT2D eigenvalue weighted by Gasteiger charge is 2.40. The van der Waals surface area contributed by atoms with Crippen LogP contribution in [0.4, 0.5) is 9.59 Å². The van der Waals surface area contributed by atoms with Crippen LogP contribution in [-0.2, 0) is 16.1 Å². The first-order chi connectivity index (χ1) is 16.7. The van der Waals surface area contributed by atoms with Crippen molar-refractivity contribution in [3.8, 4) is 0 Å². The predicted molar refractivity (Wildman–Crippen MR) is 136 cm³/mol. The Morgan fingerprint density at radius 2 is 1.60 bits per heavy atom. The SMILES string of the molecule is CC(C)(C)OC(=O)N1CCC(CN2CCC3(CCCN(C(=O)OCc4ccccc4)C3)CC2)CC1. The average Bonchev–Trinajstić information content (AvgIpc) is 2.84. The number of carbonyl (C=O) groups is 2. The Hall–Kier alpha value is -2.28. The molecule has 0 bridgehead atoms. The maximum absolute atomic E-state index is 12.7. The van der Waals surface area contributed by atoms with E-state index in [4.69, 9.17) is 9.47 Å². The molecular weight excluding hydrogens is 442 g/mol. The number of ether oxygens (including phenoxy) is 2. The molecule has 4 rings (SSSR count). The third-order valence-corrected chi connectivity index (χ3v) is 7.82. The summed E-state index contributed by atoms with van der Waals surface area (Å²) in [5.74, 6) is 0.638. The summed E-state index contributed by atoms with van der Waals surface area (Å²) in [4.78, 5) is 31.5. The first-order valence-electron chi connectivity index (χ1n) is 13.4. The molecular formula is C28H43N3O4. The summed E-state index contributed by atoms with van der Waals surface area (Å²) in [6.07, 6.45) is 6.29. The second kappa shape index (κ2) is 11.2. The second-order valence-electron chi connectivity index (χ2n) is 11.8. The molecule has 0 aliphatic carbocycles. The van der Waals surface area contributed by atoms with Gasteiger partial charge in [-0.3, -0.25) is 0 Å². The van der Waals surface area contributed by atoms with Crippen molar-refractivity contribution < 1.29 is 19.1 Å². The highest BCUT2D eigenvalue weighted by atomic mass is 16.6. The number of nitrogens with zero attached hydrogens (tertiary/aromatic N) is 3. The fourth-order valence-corrected chi connectivity index (χ4v) is 5.78. The van der Waals surface area contributed by atoms with Crippen LogP contribution in [0.15, 0.2) is 30.3 Å². The summed E-state index contributed by atoms with van der Waals surface area (Å²) in [5, 5.41) is 0. The van der Waals surface area contributed by atoms with Crippen LogP contribution in [0.3, 0.4) is 0 Å². The Morgan fingerprint density at radius 1 is 0.914 bits per heavy atom. The van der Waals surface area contributed by atoms with Crippen molar-refractivity contribution in [3.63, 3.8) is 0 Å². The fraction of sp³-hybridized carbons (Fsp3) is 0.714. The van der Waals surface area contributed by atoms with Gasteiger partial charge >= 0.3 is 12.2 Å². The van der Waals surface area contributed by atoms with Crippen LogP contribution in [0, 0.1) is 11.3 Å². The van der Waals surface area contributed by atoms with E-state index < -0.39 is 5.60 Å². The predicted octanol–water partition coefficient (Wildman–Crippen LogP) is 5.15. The van der Waals surface area contributed by atoms with E-state index in [0.717, 1.165) is 83.5 Å². The molecule has 3 saturated heterocycles. The number of hydrogen-bond donors (Lipinski definition) is 0. The Morgan fingerprint density at radius 3 is 2.26 bits per heavy atom. The molecule has 3 aliphatic heterocycles. The molecule has 3 heterocycles. The summed E-state index contributed by atoms with van der Waals surface area (Å²) in [6.45, 7) is 12.6. The van der Waals surface area contributed by atoms with Crippen molar-refractivity contribution in [2.75, 3.05) is 45.8 Å². The molecule has 0 radical (unpaired) electrons. The van der Waals surface area contributed by atoms with E-state index in [0.29, 0.717) is 12.5 Å². The molecule has 1 aromatic rings. The molecule has 0 saturated carbocycles. The van der Waals surface area contributed by atoms with Crippen LogP contribution >= 0.6 is 0 Å². The molecule has 35 heavy (non-hydrogen) atoms. The number of rotatable bonds is 4. The standard InChI is InChI=1S/C28H43N3O4/c1-27(2,3)35-26(33)30-16-10-23(11-17-30)20-29-18-13-28(14-19-29)12-7-15-31(22-28)25(32)34-21-24-8-5-4-6-9-24/h4-6,8-9,23H,7,10-22H2,1-3H3. The van der Waals surface area contributed by atoms with E-state index in [9.17, 15) is 9.59 Å². The molecule has 1 aromatic carbocycles. The van der Waals surface area contributed by atoms with Crippen LogP contribution < -0.4 is 0 Å². The van der Waals surface area contributed by atoms with Crippen LogP contribution in [-0.4, -0.2) is 78.3 Å². The maximum Gasteiger partial charge on any atom is 0.410 e. The van der Waals surface area contributed by atoms with Crippen LogP contribution in [0.2, 0.25) is 0 Å². The number of amides is 2. The van der Waals surface area contributed by atoms with E-state index >= 15 is 0 Å². The van der Waals surface area contributed by atoms with Crippen molar-refractivity contribution in [2.24, 2.45) is 11.3 Å². The van der Waals surface area contributed by atoms with Gasteiger partial charge in [-0.2, -0.15) is 0 Å². The number of likely N-dealkylation sites (tertiary alicyclic amines) is 3. The van der Waals surface area contributed by atoms with Gasteiger partial charge in [-0.25, -0.2) is 9.59 Å². The Bertz CT molecular complexity index is 838. The topological polar surface area (TPSA) is 62.3 Å². The molecule has 2 amide bonds. The smallest absolute Gasteiger partial charge is 0.410 e. The Balaban J connectivity index is 1.18. The lowest BCUT2D eigenvalue weighted by Gasteiger charge is -2.48. The quantitative estimate of drug-likeness (QED) is 0.590. The minimum absolute atomic E-state index is 0.174. The summed E-state index contributed by atoms with van der Waals surface area (Å²) in [5.41, 5.74) is 0.823. The van der Waals surface area contributed by atoms with Gasteiger partial charge in [-0.15, -0.1) is 0 Å². The molecule has 1 spiro atoms. The molecule has 0 atom stereocenters. The zero-order valence-electron chi connectivity index (χ0n) is 21.8. The zero-order valence-corrected chi connectivity index (χ0v) is 21.8. The number of hydrogen-bond acceptors (Lipinski definition) is 5. The number of benzene rings is 1. The van der Waals surface area contributed by atoms with Crippen molar-refractivity contribution in [3.05, 3.63) is 35.9 Å². The summed E-state index contributed by atoms with van der Waals surface area (Å²) >= 11 is 0. The third-order valence-electron chi connectivity index (χ3n) is 7.82. The van der Waals surface area contributed by atoms with E-state index in [1.54, 1.807) is 0 Å². The highest BCUT2D eigenvalue weighted by molar-refractivity contribution is 5.68. The first kappa shape index (κ1) is 25.8. The van der Waals surface area contributed by atoms with Gasteiger partial charge in [0.05, 0.1) is 0 Å². The van der Waals surface area contributed by atoms with Crippen molar-refractivity contribution in [1.82, 2.24) is 14.7 Å². The average molecular weight is 486 g/mol. The van der Waals surface area contributed by atoms with Gasteiger partial charge in [-0.1, -0.05) is 30.3 Å². The van der Waals surface area contributed by atoms with E-state index in [-0.39, 0.29) is 17.6 Å². The van der Waals surface area contributed by atoms with Crippen molar-refractivity contribution >= 4 is 12.2 Å². The van der Waals surface area contributed by atoms with Crippen LogP contribution in [0.1, 0.15) is 64.9 Å². The summed E-state index contributed by atoms with van der Waals surface area (Å²) in [6, 6.07) is 9.89. The molecule has 7 heteroatoms. The molecule has 3 fully saturated rings. The van der Waals surface area contributed by atoms with Gasteiger partial charge in [-0.05, 0) is 89.3 Å². The molecule has 194 valence electrons. The van der Waals surface area contributed by atoms with Gasteiger partial charge in [0.1, 0.15) is 12.2 Å². The van der Waals surface area contributed by atoms with E-state index in [1.165, 1.54) is 6.42 Å². The fourth-order valence-electron chi connectivity index (χ4n) is 5.78. The van der Waals surface area contributed by atoms with Crippen molar-refractivity contribution in [1.29, 1.82) is 0 Å². The van der Waals surface area contributed by atoms with Gasteiger partial charge in [0, 0.05) is 32.7 Å². The lowest BCUT2D eigenvalue weighted by Crippen LogP contribution is -2.52. The van der Waals surface area contributed by atoms with Gasteiger partial charge in [0.2, 0.25) is 0 Å². The summed E-state index contributed by atoms with van der Waals surface area (Å²) in [7, 11) is 0. The normalized spacial score (nSPS) is 21.7. The van der Waals surface area contributed by atoms with E-state index in [1.807, 2.05) is 60.9 Å². The zero-order chi connectivity index (χ0) is 24.9. The molecule has 7 nitrogen and oxygen atoms in total. The highest BCUT2D eigenvalue weighted by Crippen LogP contribution is 2.40. The summed E-state index contributed by atoms with van der Waals surface area (Å²) < 4.78 is 11.1. The first-order valence-corrected chi connectivity index (χ1v) is 13.4. The largest absolute Gasteiger partial charge is 0.445 e. The van der Waals surface area contributed by atoms with Crippen molar-refractivity contribution in [2.45, 2.75) is 71.5 Å². The Labute approximate surface area is 210 Å². The van der Waals surface area contributed by atoms with Crippen LogP contribution in [0.5, 0.6) is 0 Å². The molecule has 3 aliphatic rings. The van der Waals surface area contributed by atoms with Crippen LogP contribution in [0.25, 0.3) is 0 Å². The molecule has 0 aromatic heterocycles. The second-order valence-corrected chi connectivity index (χ2v) is 11.8. The monoisotopic (exact) mass is 485 g/mol. The lowest BCUT2D eigenvalue weighted by atomic mass is 9.72. The minimum Gasteiger partial charge on any atom is -0.445 e. The third kappa shape index (κ3) is 7.35. The van der Waals surface area contributed by atoms with Gasteiger partial charge in [0.15, 0.2) is 0 Å².